The number of likely N-dealkylation sites (N-methyl/N-ethyl adjacent to an activating group) is 1. The van der Waals surface area contributed by atoms with Crippen molar-refractivity contribution < 1.29 is 17.9 Å². The molecular formula is C19H25N3O4S2. The lowest BCUT2D eigenvalue weighted by molar-refractivity contribution is -0.131. The summed E-state index contributed by atoms with van der Waals surface area (Å²) in [6, 6.07) is 11.0. The van der Waals surface area contributed by atoms with Crippen molar-refractivity contribution in [2.45, 2.75) is 10.8 Å². The minimum absolute atomic E-state index is 0.0115. The summed E-state index contributed by atoms with van der Waals surface area (Å²) in [7, 11) is -0.0218. The minimum atomic E-state index is -3.42. The Kier molecular flexibility index (Phi) is 6.71. The fourth-order valence-electron chi connectivity index (χ4n) is 3.11. The Morgan fingerprint density at radius 3 is 2.57 bits per heavy atom. The second-order valence-corrected chi connectivity index (χ2v) is 9.83. The quantitative estimate of drug-likeness (QED) is 0.678. The van der Waals surface area contributed by atoms with E-state index in [2.05, 4.69) is 0 Å². The summed E-state index contributed by atoms with van der Waals surface area (Å²) >= 11 is 1.23. The number of carbonyl (C=O) groups excluding carboxylic acids is 1. The summed E-state index contributed by atoms with van der Waals surface area (Å²) in [5.74, 6) is 0.777. The Morgan fingerprint density at radius 2 is 1.93 bits per heavy atom. The van der Waals surface area contributed by atoms with E-state index in [0.717, 1.165) is 11.3 Å². The van der Waals surface area contributed by atoms with Gasteiger partial charge in [-0.2, -0.15) is 4.31 Å². The maximum absolute atomic E-state index is 12.6. The van der Waals surface area contributed by atoms with Gasteiger partial charge < -0.3 is 9.64 Å². The number of rotatable bonds is 7. The molecule has 1 saturated heterocycles. The topological polar surface area (TPSA) is 70.2 Å². The molecule has 0 aliphatic carbocycles. The van der Waals surface area contributed by atoms with Gasteiger partial charge in [0.15, 0.2) is 0 Å². The lowest BCUT2D eigenvalue weighted by Crippen LogP contribution is -2.51. The molecule has 28 heavy (non-hydrogen) atoms. The molecule has 152 valence electrons. The van der Waals surface area contributed by atoms with Gasteiger partial charge in [0.05, 0.1) is 13.7 Å². The Balaban J connectivity index is 1.50. The average molecular weight is 424 g/mol. The van der Waals surface area contributed by atoms with Crippen LogP contribution in [0.4, 0.5) is 0 Å². The zero-order valence-corrected chi connectivity index (χ0v) is 17.7. The molecule has 7 nitrogen and oxygen atoms in total. The SMILES string of the molecule is COc1cccc(CN(C)C(=O)CN2CCN(S(=O)(=O)c3cccs3)CC2)c1. The highest BCUT2D eigenvalue weighted by Gasteiger charge is 2.30. The van der Waals surface area contributed by atoms with E-state index in [1.54, 1.807) is 36.6 Å². The second-order valence-electron chi connectivity index (χ2n) is 6.71. The van der Waals surface area contributed by atoms with E-state index in [9.17, 15) is 13.2 Å². The summed E-state index contributed by atoms with van der Waals surface area (Å²) in [5, 5.41) is 1.76. The molecule has 1 fully saturated rings. The highest BCUT2D eigenvalue weighted by Crippen LogP contribution is 2.22. The monoisotopic (exact) mass is 423 g/mol. The van der Waals surface area contributed by atoms with Crippen molar-refractivity contribution in [1.82, 2.24) is 14.1 Å². The van der Waals surface area contributed by atoms with Gasteiger partial charge in [-0.1, -0.05) is 18.2 Å². The number of ether oxygens (including phenoxy) is 1. The summed E-state index contributed by atoms with van der Waals surface area (Å²) in [5.41, 5.74) is 1.00. The minimum Gasteiger partial charge on any atom is -0.497 e. The van der Waals surface area contributed by atoms with Crippen molar-refractivity contribution >= 4 is 27.3 Å². The summed E-state index contributed by atoms with van der Waals surface area (Å²) in [6.07, 6.45) is 0. The lowest BCUT2D eigenvalue weighted by atomic mass is 10.2. The highest BCUT2D eigenvalue weighted by molar-refractivity contribution is 7.91. The lowest BCUT2D eigenvalue weighted by Gasteiger charge is -2.34. The fraction of sp³-hybridized carbons (Fsp3) is 0.421. The number of hydrogen-bond donors (Lipinski definition) is 0. The van der Waals surface area contributed by atoms with Crippen LogP contribution in [0.25, 0.3) is 0 Å². The summed E-state index contributed by atoms with van der Waals surface area (Å²) in [6.45, 7) is 2.67. The molecular weight excluding hydrogens is 398 g/mol. The molecule has 0 saturated carbocycles. The first-order valence-electron chi connectivity index (χ1n) is 9.03. The van der Waals surface area contributed by atoms with Crippen LogP contribution in [0.3, 0.4) is 0 Å². The van der Waals surface area contributed by atoms with Gasteiger partial charge in [-0.05, 0) is 29.1 Å². The number of sulfonamides is 1. The third-order valence-corrected chi connectivity index (χ3v) is 8.03. The number of amides is 1. The molecule has 1 aromatic carbocycles. The number of methoxy groups -OCH3 is 1. The highest BCUT2D eigenvalue weighted by atomic mass is 32.2. The van der Waals surface area contributed by atoms with E-state index in [1.807, 2.05) is 29.2 Å². The zero-order valence-electron chi connectivity index (χ0n) is 16.1. The van der Waals surface area contributed by atoms with E-state index in [0.29, 0.717) is 36.9 Å². The van der Waals surface area contributed by atoms with E-state index in [1.165, 1.54) is 15.6 Å². The standard InChI is InChI=1S/C19H25N3O4S2/c1-20(14-16-5-3-6-17(13-16)26-2)18(23)15-21-8-10-22(11-9-21)28(24,25)19-7-4-12-27-19/h3-7,12-13H,8-11,14-15H2,1-2H3. The van der Waals surface area contributed by atoms with Crippen molar-refractivity contribution in [2.24, 2.45) is 0 Å². The molecule has 0 spiro atoms. The predicted molar refractivity (Wildman–Crippen MR) is 109 cm³/mol. The van der Waals surface area contributed by atoms with Crippen LogP contribution in [0.1, 0.15) is 5.56 Å². The van der Waals surface area contributed by atoms with E-state index >= 15 is 0 Å². The van der Waals surface area contributed by atoms with E-state index in [-0.39, 0.29) is 12.5 Å². The van der Waals surface area contributed by atoms with Crippen molar-refractivity contribution in [3.8, 4) is 5.75 Å². The zero-order chi connectivity index (χ0) is 20.1. The van der Waals surface area contributed by atoms with Gasteiger partial charge in [0.2, 0.25) is 5.91 Å². The number of thiophene rings is 1. The van der Waals surface area contributed by atoms with Gasteiger partial charge in [-0.25, -0.2) is 8.42 Å². The van der Waals surface area contributed by atoms with Crippen molar-refractivity contribution in [2.75, 3.05) is 46.9 Å². The molecule has 0 N–H and O–H groups in total. The molecule has 0 atom stereocenters. The van der Waals surface area contributed by atoms with Gasteiger partial charge in [-0.15, -0.1) is 11.3 Å². The van der Waals surface area contributed by atoms with Crippen molar-refractivity contribution in [3.05, 3.63) is 47.3 Å². The molecule has 2 aromatic rings. The number of nitrogens with zero attached hydrogens (tertiary/aromatic N) is 3. The number of benzene rings is 1. The molecule has 0 unspecified atom stereocenters. The molecule has 0 radical (unpaired) electrons. The largest absolute Gasteiger partial charge is 0.497 e. The van der Waals surface area contributed by atoms with Crippen LogP contribution in [0, 0.1) is 0 Å². The van der Waals surface area contributed by atoms with Crippen LogP contribution < -0.4 is 4.74 Å². The Bertz CT molecular complexity index is 892. The van der Waals surface area contributed by atoms with Crippen LogP contribution in [-0.4, -0.2) is 75.3 Å². The van der Waals surface area contributed by atoms with Crippen LogP contribution in [0.5, 0.6) is 5.75 Å². The normalized spacial score (nSPS) is 16.1. The fourth-order valence-corrected chi connectivity index (χ4v) is 5.68. The molecule has 1 amide bonds. The van der Waals surface area contributed by atoms with Gasteiger partial charge in [0, 0.05) is 39.8 Å². The molecule has 1 aromatic heterocycles. The van der Waals surface area contributed by atoms with Gasteiger partial charge in [0.25, 0.3) is 10.0 Å². The molecule has 0 bridgehead atoms. The van der Waals surface area contributed by atoms with Crippen molar-refractivity contribution in [3.63, 3.8) is 0 Å². The van der Waals surface area contributed by atoms with E-state index in [4.69, 9.17) is 4.74 Å². The third-order valence-electron chi connectivity index (χ3n) is 4.76. The average Bonchev–Trinajstić information content (AvgIpc) is 3.24. The Morgan fingerprint density at radius 1 is 1.18 bits per heavy atom. The number of hydrogen-bond acceptors (Lipinski definition) is 6. The van der Waals surface area contributed by atoms with Crippen LogP contribution in [0.2, 0.25) is 0 Å². The number of carbonyl (C=O) groups is 1. The van der Waals surface area contributed by atoms with Gasteiger partial charge >= 0.3 is 0 Å². The van der Waals surface area contributed by atoms with Gasteiger partial charge in [-0.3, -0.25) is 9.69 Å². The summed E-state index contributed by atoms with van der Waals surface area (Å²) in [4.78, 5) is 16.2. The molecule has 1 aliphatic rings. The van der Waals surface area contributed by atoms with E-state index < -0.39 is 10.0 Å². The third kappa shape index (κ3) is 4.91. The Labute approximate surface area is 170 Å². The maximum Gasteiger partial charge on any atom is 0.252 e. The van der Waals surface area contributed by atoms with Crippen molar-refractivity contribution in [1.29, 1.82) is 0 Å². The second kappa shape index (κ2) is 9.04. The van der Waals surface area contributed by atoms with Crippen LogP contribution in [-0.2, 0) is 21.4 Å². The smallest absolute Gasteiger partial charge is 0.252 e. The first kappa shape index (κ1) is 20.8. The first-order valence-corrected chi connectivity index (χ1v) is 11.3. The maximum atomic E-state index is 12.6. The van der Waals surface area contributed by atoms with Crippen LogP contribution in [0.15, 0.2) is 46.0 Å². The van der Waals surface area contributed by atoms with Crippen LogP contribution >= 0.6 is 11.3 Å². The molecule has 2 heterocycles. The Hall–Kier alpha value is -1.94. The molecule has 9 heteroatoms. The number of piperazine rings is 1. The summed E-state index contributed by atoms with van der Waals surface area (Å²) < 4.78 is 32.2. The molecule has 1 aliphatic heterocycles. The molecule has 3 rings (SSSR count). The first-order chi connectivity index (χ1) is 13.4. The van der Waals surface area contributed by atoms with Gasteiger partial charge in [0.1, 0.15) is 9.96 Å². The predicted octanol–water partition coefficient (Wildman–Crippen LogP) is 1.72.